The molecule has 2 aromatic rings. The van der Waals surface area contributed by atoms with Gasteiger partial charge in [-0.3, -0.25) is 0 Å². The first kappa shape index (κ1) is 10.9. The Kier molecular flexibility index (Phi) is 3.34. The first-order valence-corrected chi connectivity index (χ1v) is 5.13. The maximum Gasteiger partial charge on any atom is 0.176 e. The largest absolute Gasteiger partial charge is 0.491 e. The lowest BCUT2D eigenvalue weighted by atomic mass is 10.2. The SMILES string of the molecule is C[n+]1ccc2cc(OCCON)ccc2c1. The van der Waals surface area contributed by atoms with Gasteiger partial charge in [0.15, 0.2) is 12.4 Å². The maximum atomic E-state index is 5.47. The average Bonchev–Trinajstić information content (AvgIpc) is 2.29. The summed E-state index contributed by atoms with van der Waals surface area (Å²) < 4.78 is 7.49. The molecule has 0 unspecified atom stereocenters. The molecule has 0 aliphatic carbocycles. The van der Waals surface area contributed by atoms with Gasteiger partial charge in [-0.25, -0.2) is 10.5 Å². The molecule has 0 fully saturated rings. The van der Waals surface area contributed by atoms with Crippen LogP contribution in [0.1, 0.15) is 0 Å². The summed E-state index contributed by atoms with van der Waals surface area (Å²) >= 11 is 0. The van der Waals surface area contributed by atoms with E-state index in [-0.39, 0.29) is 0 Å². The lowest BCUT2D eigenvalue weighted by Crippen LogP contribution is -2.25. The zero-order valence-corrected chi connectivity index (χ0v) is 9.22. The van der Waals surface area contributed by atoms with Gasteiger partial charge in [0.25, 0.3) is 0 Å². The van der Waals surface area contributed by atoms with Gasteiger partial charge in [-0.15, -0.1) is 0 Å². The fourth-order valence-electron chi connectivity index (χ4n) is 1.57. The Bertz CT molecular complexity index is 485. The molecule has 0 atom stereocenters. The van der Waals surface area contributed by atoms with Gasteiger partial charge in [0, 0.05) is 11.5 Å². The molecular weight excluding hydrogens is 204 g/mol. The van der Waals surface area contributed by atoms with Gasteiger partial charge in [-0.1, -0.05) is 0 Å². The Morgan fingerprint density at radius 3 is 2.88 bits per heavy atom. The summed E-state index contributed by atoms with van der Waals surface area (Å²) in [7, 11) is 2.00. The van der Waals surface area contributed by atoms with Gasteiger partial charge in [-0.2, -0.15) is 0 Å². The summed E-state index contributed by atoms with van der Waals surface area (Å²) in [6, 6.07) is 8.04. The van der Waals surface area contributed by atoms with E-state index in [0.717, 1.165) is 11.1 Å². The smallest absolute Gasteiger partial charge is 0.176 e. The van der Waals surface area contributed by atoms with Crippen molar-refractivity contribution in [1.82, 2.24) is 0 Å². The van der Waals surface area contributed by atoms with E-state index in [1.807, 2.05) is 36.0 Å². The quantitative estimate of drug-likeness (QED) is 0.473. The molecule has 0 saturated heterocycles. The van der Waals surface area contributed by atoms with Crippen LogP contribution in [0.4, 0.5) is 0 Å². The second kappa shape index (κ2) is 4.92. The molecule has 0 aliphatic rings. The third-order valence-electron chi connectivity index (χ3n) is 2.36. The number of ether oxygens (including phenoxy) is 1. The number of rotatable bonds is 4. The predicted molar refractivity (Wildman–Crippen MR) is 60.8 cm³/mol. The summed E-state index contributed by atoms with van der Waals surface area (Å²) in [5, 5.41) is 2.34. The second-order valence-corrected chi connectivity index (χ2v) is 3.62. The summed E-state index contributed by atoms with van der Waals surface area (Å²) in [6.45, 7) is 0.852. The number of benzene rings is 1. The minimum Gasteiger partial charge on any atom is -0.491 e. The van der Waals surface area contributed by atoms with E-state index >= 15 is 0 Å². The molecule has 0 radical (unpaired) electrons. The fraction of sp³-hybridized carbons (Fsp3) is 0.250. The molecule has 0 bridgehead atoms. The highest BCUT2D eigenvalue weighted by Crippen LogP contribution is 2.19. The van der Waals surface area contributed by atoms with Gasteiger partial charge in [0.1, 0.15) is 26.0 Å². The van der Waals surface area contributed by atoms with E-state index in [0.29, 0.717) is 13.2 Å². The van der Waals surface area contributed by atoms with Crippen LogP contribution in [0, 0.1) is 0 Å². The Balaban J connectivity index is 2.20. The highest BCUT2D eigenvalue weighted by atomic mass is 16.6. The number of aryl methyl sites for hydroxylation is 1. The van der Waals surface area contributed by atoms with Gasteiger partial charge in [0.05, 0.1) is 0 Å². The van der Waals surface area contributed by atoms with E-state index in [1.54, 1.807) is 0 Å². The number of pyridine rings is 1. The highest BCUT2D eigenvalue weighted by Gasteiger charge is 2.01. The Hall–Kier alpha value is -1.65. The number of nitrogens with two attached hydrogens (primary N) is 1. The van der Waals surface area contributed by atoms with Crippen LogP contribution in [0.2, 0.25) is 0 Å². The van der Waals surface area contributed by atoms with Crippen LogP contribution in [0.3, 0.4) is 0 Å². The van der Waals surface area contributed by atoms with Crippen LogP contribution in [-0.2, 0) is 11.9 Å². The standard InChI is InChI=1S/C12H15N2O2/c1-14-5-4-10-8-12(15-6-7-16-13)3-2-11(10)9-14/h2-5,8-9H,6-7,13H2,1H3/q+1. The second-order valence-electron chi connectivity index (χ2n) is 3.62. The van der Waals surface area contributed by atoms with Gasteiger partial charge in [0.2, 0.25) is 0 Å². The molecule has 4 nitrogen and oxygen atoms in total. The minimum absolute atomic E-state index is 0.391. The van der Waals surface area contributed by atoms with Crippen molar-refractivity contribution in [3.8, 4) is 5.75 Å². The van der Waals surface area contributed by atoms with Gasteiger partial charge < -0.3 is 9.57 Å². The highest BCUT2D eigenvalue weighted by molar-refractivity contribution is 5.82. The lowest BCUT2D eigenvalue weighted by Gasteiger charge is -2.05. The van der Waals surface area contributed by atoms with Gasteiger partial charge in [-0.05, 0) is 23.6 Å². The van der Waals surface area contributed by atoms with Crippen LogP contribution in [-0.4, -0.2) is 13.2 Å². The first-order valence-electron chi connectivity index (χ1n) is 5.13. The Labute approximate surface area is 94.2 Å². The van der Waals surface area contributed by atoms with E-state index in [9.17, 15) is 0 Å². The minimum atomic E-state index is 0.391. The van der Waals surface area contributed by atoms with Crippen LogP contribution in [0.5, 0.6) is 5.75 Å². The van der Waals surface area contributed by atoms with Crippen LogP contribution in [0.15, 0.2) is 36.7 Å². The Morgan fingerprint density at radius 2 is 2.06 bits per heavy atom. The predicted octanol–water partition coefficient (Wildman–Crippen LogP) is 0.933. The van der Waals surface area contributed by atoms with Crippen molar-refractivity contribution in [3.63, 3.8) is 0 Å². The van der Waals surface area contributed by atoms with Crippen molar-refractivity contribution in [1.29, 1.82) is 0 Å². The van der Waals surface area contributed by atoms with E-state index in [4.69, 9.17) is 10.6 Å². The molecule has 1 heterocycles. The summed E-state index contributed by atoms with van der Waals surface area (Å²) in [5.74, 6) is 5.75. The molecular formula is C12H15N2O2+. The maximum absolute atomic E-state index is 5.47. The summed E-state index contributed by atoms with van der Waals surface area (Å²) in [6.07, 6.45) is 4.08. The van der Waals surface area contributed by atoms with Crippen LogP contribution in [0.25, 0.3) is 10.8 Å². The zero-order valence-electron chi connectivity index (χ0n) is 9.22. The zero-order chi connectivity index (χ0) is 11.4. The molecule has 1 aromatic carbocycles. The monoisotopic (exact) mass is 219 g/mol. The lowest BCUT2D eigenvalue weighted by molar-refractivity contribution is -0.670. The molecule has 84 valence electrons. The van der Waals surface area contributed by atoms with Crippen LogP contribution >= 0.6 is 0 Å². The fourth-order valence-corrected chi connectivity index (χ4v) is 1.57. The van der Waals surface area contributed by atoms with Crippen molar-refractivity contribution in [2.24, 2.45) is 12.9 Å². The molecule has 2 N–H and O–H groups in total. The number of aromatic nitrogens is 1. The van der Waals surface area contributed by atoms with E-state index < -0.39 is 0 Å². The number of hydrogen-bond acceptors (Lipinski definition) is 3. The average molecular weight is 219 g/mol. The van der Waals surface area contributed by atoms with Crippen molar-refractivity contribution < 1.29 is 14.1 Å². The molecule has 0 aliphatic heterocycles. The third-order valence-corrected chi connectivity index (χ3v) is 2.36. The first-order chi connectivity index (χ1) is 7.79. The molecule has 0 spiro atoms. The van der Waals surface area contributed by atoms with Crippen molar-refractivity contribution in [2.45, 2.75) is 0 Å². The summed E-state index contributed by atoms with van der Waals surface area (Å²) in [4.78, 5) is 4.44. The molecule has 4 heteroatoms. The number of hydrogen-bond donors (Lipinski definition) is 1. The molecule has 2 rings (SSSR count). The van der Waals surface area contributed by atoms with Crippen molar-refractivity contribution in [2.75, 3.05) is 13.2 Å². The van der Waals surface area contributed by atoms with Crippen molar-refractivity contribution in [3.05, 3.63) is 36.7 Å². The molecule has 0 saturated carbocycles. The summed E-state index contributed by atoms with van der Waals surface area (Å²) in [5.41, 5.74) is 0. The van der Waals surface area contributed by atoms with Gasteiger partial charge >= 0.3 is 0 Å². The number of fused-ring (bicyclic) bond motifs is 1. The molecule has 16 heavy (non-hydrogen) atoms. The van der Waals surface area contributed by atoms with Crippen LogP contribution < -0.4 is 15.2 Å². The number of nitrogens with zero attached hydrogens (tertiary/aromatic N) is 1. The van der Waals surface area contributed by atoms with E-state index in [1.165, 1.54) is 5.39 Å². The molecule has 1 aromatic heterocycles. The third kappa shape index (κ3) is 2.48. The normalized spacial score (nSPS) is 10.6. The van der Waals surface area contributed by atoms with E-state index in [2.05, 4.69) is 17.1 Å². The Morgan fingerprint density at radius 1 is 1.19 bits per heavy atom. The van der Waals surface area contributed by atoms with Crippen molar-refractivity contribution >= 4 is 10.8 Å². The topological polar surface area (TPSA) is 48.4 Å². The molecule has 0 amide bonds.